The van der Waals surface area contributed by atoms with Crippen LogP contribution in [0.3, 0.4) is 0 Å². The Hall–Kier alpha value is -3.88. The van der Waals surface area contributed by atoms with Crippen LogP contribution in [0.25, 0.3) is 6.08 Å². The van der Waals surface area contributed by atoms with Gasteiger partial charge in [0, 0.05) is 24.9 Å². The lowest BCUT2D eigenvalue weighted by atomic mass is 9.89. The third-order valence-electron chi connectivity index (χ3n) is 6.57. The van der Waals surface area contributed by atoms with Crippen molar-refractivity contribution in [2.45, 2.75) is 45.2 Å². The highest BCUT2D eigenvalue weighted by atomic mass is 19.4. The summed E-state index contributed by atoms with van der Waals surface area (Å²) in [6.45, 7) is 4.74. The molecule has 0 aliphatic carbocycles. The van der Waals surface area contributed by atoms with Crippen LogP contribution < -0.4 is 5.32 Å². The number of benzene rings is 2. The molecule has 194 valence electrons. The molecule has 0 unspecified atom stereocenters. The zero-order valence-electron chi connectivity index (χ0n) is 20.6. The Labute approximate surface area is 213 Å². The van der Waals surface area contributed by atoms with Crippen molar-refractivity contribution in [2.24, 2.45) is 0 Å². The van der Waals surface area contributed by atoms with Gasteiger partial charge in [-0.2, -0.15) is 13.2 Å². The lowest BCUT2D eigenvalue weighted by Crippen LogP contribution is -2.36. The molecule has 0 atom stereocenters. The van der Waals surface area contributed by atoms with Crippen LogP contribution in [0.15, 0.2) is 59.1 Å². The van der Waals surface area contributed by atoms with Crippen molar-refractivity contribution in [3.8, 4) is 0 Å². The number of rotatable bonds is 6. The van der Waals surface area contributed by atoms with E-state index in [1.54, 1.807) is 11.8 Å². The number of piperidine rings is 1. The fraction of sp³-hybridized carbons (Fsp3) is 0.321. The quantitative estimate of drug-likeness (QED) is 0.398. The molecule has 1 aliphatic heterocycles. The highest BCUT2D eigenvalue weighted by Crippen LogP contribution is 2.31. The molecule has 37 heavy (non-hydrogen) atoms. The minimum absolute atomic E-state index is 0.218. The van der Waals surface area contributed by atoms with E-state index in [1.807, 2.05) is 31.2 Å². The number of nitrogens with one attached hydrogen (secondary N) is 1. The van der Waals surface area contributed by atoms with Gasteiger partial charge in [0.15, 0.2) is 0 Å². The molecule has 0 saturated carbocycles. The van der Waals surface area contributed by atoms with Crippen LogP contribution in [0, 0.1) is 6.92 Å². The van der Waals surface area contributed by atoms with Crippen LogP contribution >= 0.6 is 0 Å². The summed E-state index contributed by atoms with van der Waals surface area (Å²) in [5.74, 6) is 0.281. The van der Waals surface area contributed by atoms with Crippen LogP contribution in [0.1, 0.15) is 64.2 Å². The molecule has 3 aromatic rings. The largest absolute Gasteiger partial charge is 0.416 e. The second kappa shape index (κ2) is 11.0. The summed E-state index contributed by atoms with van der Waals surface area (Å²) in [5, 5.41) is 6.81. The highest BCUT2D eigenvalue weighted by molar-refractivity contribution is 6.05. The molecule has 0 bridgehead atoms. The molecule has 2 aromatic carbocycles. The number of carbonyl (C=O) groups is 2. The maximum Gasteiger partial charge on any atom is 0.416 e. The molecule has 1 fully saturated rings. The number of carbonyl (C=O) groups excluding carboxylic acids is 2. The number of amides is 2. The van der Waals surface area contributed by atoms with E-state index in [-0.39, 0.29) is 17.7 Å². The summed E-state index contributed by atoms with van der Waals surface area (Å²) in [4.78, 5) is 26.9. The fourth-order valence-electron chi connectivity index (χ4n) is 4.51. The number of nitrogens with zero attached hydrogens (tertiary/aromatic N) is 2. The molecule has 2 amide bonds. The second-order valence-corrected chi connectivity index (χ2v) is 9.05. The Morgan fingerprint density at radius 2 is 1.84 bits per heavy atom. The maximum absolute atomic E-state index is 12.9. The number of likely N-dealkylation sites (tertiary alicyclic amines) is 1. The summed E-state index contributed by atoms with van der Waals surface area (Å²) in [7, 11) is 0. The van der Waals surface area contributed by atoms with Gasteiger partial charge in [-0.1, -0.05) is 36.3 Å². The van der Waals surface area contributed by atoms with Gasteiger partial charge >= 0.3 is 6.18 Å². The molecule has 1 aromatic heterocycles. The number of halogens is 3. The van der Waals surface area contributed by atoms with Crippen molar-refractivity contribution in [1.29, 1.82) is 0 Å². The zero-order chi connectivity index (χ0) is 26.6. The van der Waals surface area contributed by atoms with Gasteiger partial charge in [0.25, 0.3) is 5.91 Å². The van der Waals surface area contributed by atoms with Crippen LogP contribution in [-0.4, -0.2) is 35.0 Å². The van der Waals surface area contributed by atoms with Crippen molar-refractivity contribution >= 4 is 23.6 Å². The lowest BCUT2D eigenvalue weighted by molar-refractivity contribution is -0.137. The van der Waals surface area contributed by atoms with Crippen LogP contribution in [-0.2, 0) is 17.4 Å². The third-order valence-corrected chi connectivity index (χ3v) is 6.57. The molecule has 2 heterocycles. The highest BCUT2D eigenvalue weighted by Gasteiger charge is 2.30. The van der Waals surface area contributed by atoms with E-state index >= 15 is 0 Å². The Kier molecular flexibility index (Phi) is 7.80. The van der Waals surface area contributed by atoms with Crippen molar-refractivity contribution < 1.29 is 27.3 Å². The number of aromatic nitrogens is 1. The van der Waals surface area contributed by atoms with Gasteiger partial charge in [0.2, 0.25) is 5.91 Å². The Morgan fingerprint density at radius 3 is 2.49 bits per heavy atom. The van der Waals surface area contributed by atoms with Gasteiger partial charge in [0.1, 0.15) is 11.3 Å². The molecule has 1 N–H and O–H groups in total. The summed E-state index contributed by atoms with van der Waals surface area (Å²) in [6.07, 6.45) is 0.467. The first-order valence-corrected chi connectivity index (χ1v) is 12.2. The molecule has 9 heteroatoms. The first kappa shape index (κ1) is 26.2. The van der Waals surface area contributed by atoms with Gasteiger partial charge < -0.3 is 14.7 Å². The SMILES string of the molecule is CCc1noc(C)c1C(=O)Nc1ccc(C2CCN(C(=O)/C=C/c3cccc(C(F)(F)F)c3)CC2)cc1. The van der Waals surface area contributed by atoms with E-state index in [0.29, 0.717) is 47.8 Å². The number of hydrogen-bond donors (Lipinski definition) is 1. The number of aryl methyl sites for hydroxylation is 2. The maximum atomic E-state index is 12.9. The standard InChI is InChI=1S/C28H28F3N3O3/c1-3-24-26(18(2)37-33-24)27(36)32-23-10-8-20(9-11-23)21-13-15-34(16-14-21)25(35)12-7-19-5-4-6-22(17-19)28(29,30)31/h4-12,17,21H,3,13-16H2,1-2H3,(H,32,36)/b12-7+. The second-order valence-electron chi connectivity index (χ2n) is 9.05. The Bertz CT molecular complexity index is 1290. The van der Waals surface area contributed by atoms with Gasteiger partial charge in [-0.15, -0.1) is 0 Å². The number of alkyl halides is 3. The number of anilines is 1. The molecule has 1 saturated heterocycles. The van der Waals surface area contributed by atoms with Crippen LogP contribution in [0.5, 0.6) is 0 Å². The van der Waals surface area contributed by atoms with Gasteiger partial charge in [0.05, 0.1) is 11.3 Å². The van der Waals surface area contributed by atoms with Crippen molar-refractivity contribution in [3.05, 3.63) is 88.3 Å². The van der Waals surface area contributed by atoms with Gasteiger partial charge in [-0.05, 0) is 73.6 Å². The molecule has 4 rings (SSSR count). The average Bonchev–Trinajstić information content (AvgIpc) is 3.28. The van der Waals surface area contributed by atoms with E-state index in [2.05, 4.69) is 10.5 Å². The minimum Gasteiger partial charge on any atom is -0.361 e. The summed E-state index contributed by atoms with van der Waals surface area (Å²) < 4.78 is 43.8. The zero-order valence-corrected chi connectivity index (χ0v) is 20.6. The fourth-order valence-corrected chi connectivity index (χ4v) is 4.51. The molecular formula is C28H28F3N3O3. The van der Waals surface area contributed by atoms with Crippen molar-refractivity contribution in [3.63, 3.8) is 0 Å². The summed E-state index contributed by atoms with van der Waals surface area (Å²) in [6, 6.07) is 12.6. The van der Waals surface area contributed by atoms with Crippen molar-refractivity contribution in [2.75, 3.05) is 18.4 Å². The van der Waals surface area contributed by atoms with E-state index in [0.717, 1.165) is 30.5 Å². The topological polar surface area (TPSA) is 75.4 Å². The third kappa shape index (κ3) is 6.28. The van der Waals surface area contributed by atoms with E-state index in [1.165, 1.54) is 24.3 Å². The molecule has 0 radical (unpaired) electrons. The first-order chi connectivity index (χ1) is 17.7. The van der Waals surface area contributed by atoms with Gasteiger partial charge in [-0.3, -0.25) is 9.59 Å². The molecule has 1 aliphatic rings. The van der Waals surface area contributed by atoms with E-state index in [4.69, 9.17) is 4.52 Å². The smallest absolute Gasteiger partial charge is 0.361 e. The predicted molar refractivity (Wildman–Crippen MR) is 134 cm³/mol. The van der Waals surface area contributed by atoms with Crippen molar-refractivity contribution in [1.82, 2.24) is 10.1 Å². The number of hydrogen-bond acceptors (Lipinski definition) is 4. The van der Waals surface area contributed by atoms with Crippen LogP contribution in [0.4, 0.5) is 18.9 Å². The van der Waals surface area contributed by atoms with E-state index in [9.17, 15) is 22.8 Å². The summed E-state index contributed by atoms with van der Waals surface area (Å²) in [5.41, 5.74) is 2.47. The first-order valence-electron chi connectivity index (χ1n) is 12.2. The normalized spacial score (nSPS) is 14.8. The Morgan fingerprint density at radius 1 is 1.14 bits per heavy atom. The van der Waals surface area contributed by atoms with Gasteiger partial charge in [-0.25, -0.2) is 0 Å². The summed E-state index contributed by atoms with van der Waals surface area (Å²) >= 11 is 0. The molecular weight excluding hydrogens is 483 g/mol. The van der Waals surface area contributed by atoms with Crippen LogP contribution in [0.2, 0.25) is 0 Å². The Balaban J connectivity index is 1.31. The lowest BCUT2D eigenvalue weighted by Gasteiger charge is -2.31. The minimum atomic E-state index is -4.42. The van der Waals surface area contributed by atoms with E-state index < -0.39 is 11.7 Å². The monoisotopic (exact) mass is 511 g/mol. The predicted octanol–water partition coefficient (Wildman–Crippen LogP) is 6.24. The molecule has 0 spiro atoms. The molecule has 6 nitrogen and oxygen atoms in total. The average molecular weight is 512 g/mol.